The molecule has 0 radical (unpaired) electrons. The fraction of sp³-hybridized carbons (Fsp3) is 0.500. The van der Waals surface area contributed by atoms with Gasteiger partial charge in [-0.1, -0.05) is 49.7 Å². The van der Waals surface area contributed by atoms with Crippen LogP contribution in [-0.4, -0.2) is 46.2 Å². The van der Waals surface area contributed by atoms with Crippen LogP contribution in [0.25, 0.3) is 11.1 Å². The molecule has 0 saturated carbocycles. The lowest BCUT2D eigenvalue weighted by molar-refractivity contribution is -0.160. The molecule has 3 aromatic rings. The van der Waals surface area contributed by atoms with Crippen LogP contribution >= 0.6 is 11.6 Å². The number of fused-ring (bicyclic) bond motifs is 1. The van der Waals surface area contributed by atoms with E-state index in [9.17, 15) is 14.3 Å². The highest BCUT2D eigenvalue weighted by molar-refractivity contribution is 6.30. The fourth-order valence-corrected chi connectivity index (χ4v) is 6.76. The lowest BCUT2D eigenvalue weighted by atomic mass is 9.81. The number of carbonyl (C=O) groups is 1. The van der Waals surface area contributed by atoms with Crippen molar-refractivity contribution in [3.05, 3.63) is 80.9 Å². The molecular formula is C36H45ClFN3O3. The van der Waals surface area contributed by atoms with Gasteiger partial charge >= 0.3 is 5.97 Å². The summed E-state index contributed by atoms with van der Waals surface area (Å²) in [5.41, 5.74) is 8.31. The Hall–Kier alpha value is -3.00. The molecule has 0 amide bonds. The van der Waals surface area contributed by atoms with Gasteiger partial charge in [0.1, 0.15) is 5.82 Å². The monoisotopic (exact) mass is 621 g/mol. The summed E-state index contributed by atoms with van der Waals surface area (Å²) in [4.78, 5) is 22.4. The number of rotatable bonds is 7. The number of halogens is 2. The summed E-state index contributed by atoms with van der Waals surface area (Å²) >= 11 is 6.03. The predicted molar refractivity (Wildman–Crippen MR) is 175 cm³/mol. The summed E-state index contributed by atoms with van der Waals surface area (Å²) in [6, 6.07) is 11.5. The van der Waals surface area contributed by atoms with Gasteiger partial charge in [-0.2, -0.15) is 0 Å². The van der Waals surface area contributed by atoms with E-state index in [-0.39, 0.29) is 10.4 Å². The number of benzene rings is 2. The number of nitrogens with zero attached hydrogens (tertiary/aromatic N) is 3. The van der Waals surface area contributed by atoms with Gasteiger partial charge < -0.3 is 14.7 Å². The van der Waals surface area contributed by atoms with Gasteiger partial charge in [0, 0.05) is 55.2 Å². The van der Waals surface area contributed by atoms with Gasteiger partial charge in [-0.05, 0) is 93.7 Å². The summed E-state index contributed by atoms with van der Waals surface area (Å²) in [5.74, 6) is -1.41. The number of aromatic nitrogens is 1. The summed E-state index contributed by atoms with van der Waals surface area (Å²) < 4.78 is 19.9. The number of hydrogen-bond donors (Lipinski definition) is 1. The number of piperidine rings is 1. The van der Waals surface area contributed by atoms with Crippen LogP contribution in [-0.2, 0) is 29.0 Å². The first kappa shape index (κ1) is 32.4. The van der Waals surface area contributed by atoms with Gasteiger partial charge in [0.25, 0.3) is 0 Å². The van der Waals surface area contributed by atoms with E-state index in [4.69, 9.17) is 21.3 Å². The summed E-state index contributed by atoms with van der Waals surface area (Å²) in [7, 11) is 0. The zero-order valence-electron chi connectivity index (χ0n) is 27.1. The van der Waals surface area contributed by atoms with Gasteiger partial charge in [-0.25, -0.2) is 9.18 Å². The number of hydrogen-bond acceptors (Lipinski definition) is 5. The van der Waals surface area contributed by atoms with Crippen LogP contribution in [0, 0.1) is 25.1 Å². The van der Waals surface area contributed by atoms with Crippen LogP contribution in [0.2, 0.25) is 5.02 Å². The highest BCUT2D eigenvalue weighted by Gasteiger charge is 2.36. The van der Waals surface area contributed by atoms with Crippen molar-refractivity contribution in [2.45, 2.75) is 92.5 Å². The topological polar surface area (TPSA) is 65.9 Å². The smallest absolute Gasteiger partial charge is 0.337 e. The molecule has 2 aliphatic rings. The van der Waals surface area contributed by atoms with E-state index >= 15 is 0 Å². The van der Waals surface area contributed by atoms with Crippen LogP contribution in [0.5, 0.6) is 0 Å². The highest BCUT2D eigenvalue weighted by Crippen LogP contribution is 2.45. The minimum absolute atomic E-state index is 0.150. The molecule has 1 fully saturated rings. The molecule has 2 aromatic carbocycles. The van der Waals surface area contributed by atoms with Gasteiger partial charge in [-0.3, -0.25) is 9.88 Å². The summed E-state index contributed by atoms with van der Waals surface area (Å²) in [6.45, 7) is 18.2. The molecule has 1 atom stereocenters. The van der Waals surface area contributed by atoms with E-state index in [0.29, 0.717) is 17.8 Å². The number of carboxylic acid groups (broad SMARTS) is 1. The van der Waals surface area contributed by atoms with Gasteiger partial charge in [0.15, 0.2) is 6.10 Å². The minimum Gasteiger partial charge on any atom is -0.479 e. The van der Waals surface area contributed by atoms with Crippen molar-refractivity contribution in [3.8, 4) is 11.1 Å². The van der Waals surface area contributed by atoms with E-state index < -0.39 is 23.5 Å². The Kier molecular flexibility index (Phi) is 9.14. The Labute approximate surface area is 266 Å². The molecule has 2 aliphatic heterocycles. The Balaban J connectivity index is 1.56. The Morgan fingerprint density at radius 1 is 1.07 bits per heavy atom. The fourth-order valence-electron chi connectivity index (χ4n) is 6.55. The standard InChI is InChI=1S/C36H45ClFN3O3/c1-22-30(26-9-10-27-21-40(15-12-25(27)19-26)20-24-8-11-29(38)28(37)18-24)32(41-16-13-36(6,7)14-17-41)31(23(2)39-22)33(34(42)43)44-35(3,4)5/h8-11,18-19,33H,12-17,20-21H2,1-7H3,(H,42,43)/t33-/m0/s1. The second-order valence-corrected chi connectivity index (χ2v) is 14.6. The normalized spacial score (nSPS) is 17.8. The first-order valence-electron chi connectivity index (χ1n) is 15.6. The first-order chi connectivity index (χ1) is 20.6. The molecule has 0 spiro atoms. The van der Waals surface area contributed by atoms with Crippen LogP contribution in [0.3, 0.4) is 0 Å². The van der Waals surface area contributed by atoms with Crippen molar-refractivity contribution < 1.29 is 19.0 Å². The predicted octanol–water partition coefficient (Wildman–Crippen LogP) is 8.28. The molecule has 1 N–H and O–H groups in total. The molecular weight excluding hydrogens is 577 g/mol. The zero-order valence-corrected chi connectivity index (χ0v) is 27.8. The van der Waals surface area contributed by atoms with Crippen molar-refractivity contribution >= 4 is 23.3 Å². The van der Waals surface area contributed by atoms with E-state index in [1.54, 1.807) is 12.1 Å². The van der Waals surface area contributed by atoms with Crippen molar-refractivity contribution in [2.24, 2.45) is 5.41 Å². The third-order valence-electron chi connectivity index (χ3n) is 8.95. The maximum absolute atomic E-state index is 13.7. The zero-order chi connectivity index (χ0) is 32.0. The number of pyridine rings is 1. The lowest BCUT2D eigenvalue weighted by Crippen LogP contribution is -2.39. The van der Waals surface area contributed by atoms with Crippen LogP contribution in [0.15, 0.2) is 36.4 Å². The van der Waals surface area contributed by atoms with Crippen molar-refractivity contribution in [2.75, 3.05) is 24.5 Å². The number of ether oxygens (including phenoxy) is 1. The Morgan fingerprint density at radius 2 is 1.77 bits per heavy atom. The number of aliphatic carboxylic acids is 1. The van der Waals surface area contributed by atoms with Crippen LogP contribution in [0.4, 0.5) is 10.1 Å². The number of aryl methyl sites for hydroxylation is 2. The third-order valence-corrected chi connectivity index (χ3v) is 9.24. The molecule has 236 valence electrons. The molecule has 1 aromatic heterocycles. The minimum atomic E-state index is -1.14. The molecule has 6 nitrogen and oxygen atoms in total. The SMILES string of the molecule is Cc1nc(C)c([C@H](OC(C)(C)C)C(=O)O)c(N2CCC(C)(C)CC2)c1-c1ccc2c(c1)CCN(Cc1ccc(F)c(Cl)c1)C2. The van der Waals surface area contributed by atoms with Crippen LogP contribution in [0.1, 0.15) is 87.2 Å². The average molecular weight is 622 g/mol. The number of carboxylic acids is 1. The quantitative estimate of drug-likeness (QED) is 0.286. The second kappa shape index (κ2) is 12.4. The molecule has 0 bridgehead atoms. The third kappa shape index (κ3) is 7.11. The van der Waals surface area contributed by atoms with Crippen LogP contribution < -0.4 is 4.90 Å². The van der Waals surface area contributed by atoms with E-state index in [1.165, 1.54) is 17.2 Å². The molecule has 1 saturated heterocycles. The molecule has 3 heterocycles. The molecule has 0 unspecified atom stereocenters. The Bertz CT molecular complexity index is 1560. The molecule has 44 heavy (non-hydrogen) atoms. The largest absolute Gasteiger partial charge is 0.479 e. The molecule has 0 aliphatic carbocycles. The van der Waals surface area contributed by atoms with E-state index in [0.717, 1.165) is 73.5 Å². The average Bonchev–Trinajstić information content (AvgIpc) is 2.93. The maximum atomic E-state index is 13.7. The van der Waals surface area contributed by atoms with Gasteiger partial charge in [-0.15, -0.1) is 0 Å². The van der Waals surface area contributed by atoms with E-state index in [1.807, 2.05) is 34.6 Å². The first-order valence-corrected chi connectivity index (χ1v) is 15.9. The van der Waals surface area contributed by atoms with Crippen molar-refractivity contribution in [1.82, 2.24) is 9.88 Å². The van der Waals surface area contributed by atoms with Gasteiger partial charge in [0.2, 0.25) is 0 Å². The summed E-state index contributed by atoms with van der Waals surface area (Å²) in [6.07, 6.45) is 1.77. The Morgan fingerprint density at radius 3 is 2.41 bits per heavy atom. The second-order valence-electron chi connectivity index (χ2n) is 14.2. The number of anilines is 1. The molecule has 8 heteroatoms. The van der Waals surface area contributed by atoms with Crippen molar-refractivity contribution in [1.29, 1.82) is 0 Å². The van der Waals surface area contributed by atoms with Crippen molar-refractivity contribution in [3.63, 3.8) is 0 Å². The van der Waals surface area contributed by atoms with E-state index in [2.05, 4.69) is 41.8 Å². The lowest BCUT2D eigenvalue weighted by Gasteiger charge is -2.41. The van der Waals surface area contributed by atoms with Gasteiger partial charge in [0.05, 0.1) is 16.3 Å². The summed E-state index contributed by atoms with van der Waals surface area (Å²) in [5, 5.41) is 10.6. The molecule has 5 rings (SSSR count). The maximum Gasteiger partial charge on any atom is 0.337 e. The highest BCUT2D eigenvalue weighted by atomic mass is 35.5.